The summed E-state index contributed by atoms with van der Waals surface area (Å²) >= 11 is 0. The number of aryl methyl sites for hydroxylation is 3. The maximum Gasteiger partial charge on any atom is 0.254 e. The fourth-order valence-corrected chi connectivity index (χ4v) is 4.25. The number of aromatic nitrogens is 2. The number of rotatable bonds is 7. The molecule has 6 nitrogen and oxygen atoms in total. The van der Waals surface area contributed by atoms with Crippen LogP contribution in [0.5, 0.6) is 0 Å². The zero-order chi connectivity index (χ0) is 25.8. The minimum Gasteiger partial charge on any atom is -0.327 e. The van der Waals surface area contributed by atoms with Gasteiger partial charge in [0, 0.05) is 17.2 Å². The van der Waals surface area contributed by atoms with Gasteiger partial charge in [0.25, 0.3) is 5.91 Å². The van der Waals surface area contributed by atoms with Crippen molar-refractivity contribution in [2.45, 2.75) is 40.7 Å². The highest BCUT2D eigenvalue weighted by atomic mass is 16.2. The van der Waals surface area contributed by atoms with Crippen LogP contribution in [0.1, 0.15) is 41.0 Å². The van der Waals surface area contributed by atoms with Gasteiger partial charge in [-0.3, -0.25) is 9.59 Å². The maximum atomic E-state index is 13.4. The number of hydrogen-bond donors (Lipinski definition) is 1. The zero-order valence-electron chi connectivity index (χ0n) is 21.4. The number of hydrogen-bond acceptors (Lipinski definition) is 3. The van der Waals surface area contributed by atoms with Gasteiger partial charge in [-0.15, -0.1) is 0 Å². The third kappa shape index (κ3) is 5.23. The van der Waals surface area contributed by atoms with E-state index in [0.29, 0.717) is 11.4 Å². The first-order valence-electron chi connectivity index (χ1n) is 12.1. The number of amides is 2. The van der Waals surface area contributed by atoms with Crippen molar-refractivity contribution in [1.29, 1.82) is 0 Å². The molecule has 4 rings (SSSR count). The Kier molecular flexibility index (Phi) is 7.34. The molecule has 0 fully saturated rings. The smallest absolute Gasteiger partial charge is 0.254 e. The second-order valence-corrected chi connectivity index (χ2v) is 9.31. The Morgan fingerprint density at radius 2 is 1.53 bits per heavy atom. The summed E-state index contributed by atoms with van der Waals surface area (Å²) in [7, 11) is 0. The third-order valence-corrected chi connectivity index (χ3v) is 6.23. The number of nitrogens with one attached hydrogen (secondary N) is 1. The monoisotopic (exact) mass is 480 g/mol. The molecule has 184 valence electrons. The summed E-state index contributed by atoms with van der Waals surface area (Å²) in [6, 6.07) is 25.2. The molecule has 0 aliphatic carbocycles. The van der Waals surface area contributed by atoms with E-state index in [-0.39, 0.29) is 24.4 Å². The average molecular weight is 481 g/mol. The first-order valence-corrected chi connectivity index (χ1v) is 12.1. The lowest BCUT2D eigenvalue weighted by Crippen LogP contribution is -2.42. The predicted octanol–water partition coefficient (Wildman–Crippen LogP) is 5.95. The Bertz CT molecular complexity index is 1370. The van der Waals surface area contributed by atoms with Gasteiger partial charge < -0.3 is 10.2 Å². The lowest BCUT2D eigenvalue weighted by molar-refractivity contribution is -0.117. The molecule has 0 unspecified atom stereocenters. The van der Waals surface area contributed by atoms with Crippen molar-refractivity contribution in [3.05, 3.63) is 101 Å². The van der Waals surface area contributed by atoms with Crippen LogP contribution in [-0.2, 0) is 4.79 Å². The van der Waals surface area contributed by atoms with Crippen molar-refractivity contribution >= 4 is 17.6 Å². The van der Waals surface area contributed by atoms with Crippen molar-refractivity contribution in [2.24, 2.45) is 0 Å². The highest BCUT2D eigenvalue weighted by Crippen LogP contribution is 2.33. The molecule has 0 spiro atoms. The summed E-state index contributed by atoms with van der Waals surface area (Å²) in [4.78, 5) is 28.4. The highest BCUT2D eigenvalue weighted by Gasteiger charge is 2.25. The number of carbonyl (C=O) groups is 2. The van der Waals surface area contributed by atoms with E-state index in [9.17, 15) is 9.59 Å². The van der Waals surface area contributed by atoms with Crippen LogP contribution in [-0.4, -0.2) is 39.1 Å². The average Bonchev–Trinajstić information content (AvgIpc) is 3.18. The van der Waals surface area contributed by atoms with E-state index < -0.39 is 0 Å². The molecule has 2 amide bonds. The summed E-state index contributed by atoms with van der Waals surface area (Å²) in [5.41, 5.74) is 6.08. The molecule has 4 aromatic rings. The Balaban J connectivity index is 1.70. The van der Waals surface area contributed by atoms with Gasteiger partial charge >= 0.3 is 0 Å². The van der Waals surface area contributed by atoms with E-state index in [1.165, 1.54) is 0 Å². The molecule has 0 bridgehead atoms. The molecule has 0 aliphatic heterocycles. The molecule has 0 aliphatic rings. The molecule has 1 aromatic heterocycles. The molecule has 36 heavy (non-hydrogen) atoms. The van der Waals surface area contributed by atoms with Crippen molar-refractivity contribution in [1.82, 2.24) is 14.7 Å². The minimum absolute atomic E-state index is 0.0722. The summed E-state index contributed by atoms with van der Waals surface area (Å²) < 4.78 is 1.76. The van der Waals surface area contributed by atoms with E-state index >= 15 is 0 Å². The van der Waals surface area contributed by atoms with E-state index in [4.69, 9.17) is 5.10 Å². The van der Waals surface area contributed by atoms with Crippen molar-refractivity contribution in [3.63, 3.8) is 0 Å². The van der Waals surface area contributed by atoms with Crippen LogP contribution < -0.4 is 5.32 Å². The van der Waals surface area contributed by atoms with Crippen molar-refractivity contribution in [3.8, 4) is 16.8 Å². The summed E-state index contributed by atoms with van der Waals surface area (Å²) in [5.74, 6) is 0.139. The molecule has 1 N–H and O–H groups in total. The lowest BCUT2D eigenvalue weighted by atomic mass is 10.1. The van der Waals surface area contributed by atoms with Gasteiger partial charge in [-0.25, -0.2) is 4.68 Å². The van der Waals surface area contributed by atoms with E-state index in [0.717, 1.165) is 33.6 Å². The zero-order valence-corrected chi connectivity index (χ0v) is 21.4. The molecular weight excluding hydrogens is 448 g/mol. The highest BCUT2D eigenvalue weighted by molar-refractivity contribution is 6.01. The largest absolute Gasteiger partial charge is 0.327 e. The summed E-state index contributed by atoms with van der Waals surface area (Å²) in [6.07, 6.45) is 0. The maximum absolute atomic E-state index is 13.4. The van der Waals surface area contributed by atoms with Gasteiger partial charge in [-0.2, -0.15) is 5.10 Å². The quantitative estimate of drug-likeness (QED) is 0.355. The van der Waals surface area contributed by atoms with Crippen LogP contribution in [0.3, 0.4) is 0 Å². The van der Waals surface area contributed by atoms with Crippen LogP contribution in [0.15, 0.2) is 78.9 Å². The van der Waals surface area contributed by atoms with Crippen LogP contribution in [0.4, 0.5) is 5.82 Å². The Morgan fingerprint density at radius 1 is 0.889 bits per heavy atom. The van der Waals surface area contributed by atoms with Crippen molar-refractivity contribution in [2.75, 3.05) is 11.9 Å². The van der Waals surface area contributed by atoms with Crippen LogP contribution in [0.2, 0.25) is 0 Å². The number of carbonyl (C=O) groups excluding carboxylic acids is 2. The Morgan fingerprint density at radius 3 is 2.17 bits per heavy atom. The number of nitrogens with zero attached hydrogens (tertiary/aromatic N) is 3. The molecule has 3 aromatic carbocycles. The first kappa shape index (κ1) is 24.9. The topological polar surface area (TPSA) is 67.2 Å². The van der Waals surface area contributed by atoms with E-state index in [1.807, 2.05) is 107 Å². The standard InChI is InChI=1S/C30H32N4O2/c1-20(2)33(30(36)26-14-10-9-11-22(26)4)19-27(35)31-29-28(24-12-7-6-8-13-24)23(5)32-34(29)25-17-15-21(3)16-18-25/h6-18,20H,19H2,1-5H3,(H,31,35). The van der Waals surface area contributed by atoms with Gasteiger partial charge in [0.1, 0.15) is 12.4 Å². The lowest BCUT2D eigenvalue weighted by Gasteiger charge is -2.27. The SMILES string of the molecule is Cc1ccc(-n2nc(C)c(-c3ccccc3)c2NC(=O)CN(C(=O)c2ccccc2C)C(C)C)cc1. The van der Waals surface area contributed by atoms with E-state index in [1.54, 1.807) is 15.6 Å². The summed E-state index contributed by atoms with van der Waals surface area (Å²) in [6.45, 7) is 9.63. The second kappa shape index (κ2) is 10.6. The molecule has 0 atom stereocenters. The molecule has 1 heterocycles. The normalized spacial score (nSPS) is 10.9. The number of anilines is 1. The molecule has 0 saturated carbocycles. The van der Waals surface area contributed by atoms with Crippen molar-refractivity contribution < 1.29 is 9.59 Å². The molecule has 6 heteroatoms. The number of benzene rings is 3. The summed E-state index contributed by atoms with van der Waals surface area (Å²) in [5, 5.41) is 7.86. The van der Waals surface area contributed by atoms with Gasteiger partial charge in [0.05, 0.1) is 11.4 Å². The van der Waals surface area contributed by atoms with E-state index in [2.05, 4.69) is 5.32 Å². The molecule has 0 saturated heterocycles. The minimum atomic E-state index is -0.281. The van der Waals surface area contributed by atoms with Gasteiger partial charge in [0.15, 0.2) is 0 Å². The molecule has 0 radical (unpaired) electrons. The van der Waals surface area contributed by atoms with Crippen LogP contribution in [0.25, 0.3) is 16.8 Å². The van der Waals surface area contributed by atoms with Gasteiger partial charge in [0.2, 0.25) is 5.91 Å². The molecular formula is C30H32N4O2. The second-order valence-electron chi connectivity index (χ2n) is 9.31. The fraction of sp³-hybridized carbons (Fsp3) is 0.233. The van der Waals surface area contributed by atoms with Crippen LogP contribution >= 0.6 is 0 Å². The Hall–Kier alpha value is -4.19. The fourth-order valence-electron chi connectivity index (χ4n) is 4.25. The Labute approximate surface area is 212 Å². The van der Waals surface area contributed by atoms with Gasteiger partial charge in [-0.05, 0) is 63.9 Å². The predicted molar refractivity (Wildman–Crippen MR) is 144 cm³/mol. The van der Waals surface area contributed by atoms with Gasteiger partial charge in [-0.1, -0.05) is 66.2 Å². The van der Waals surface area contributed by atoms with Crippen LogP contribution in [0, 0.1) is 20.8 Å². The first-order chi connectivity index (χ1) is 17.3. The third-order valence-electron chi connectivity index (χ3n) is 6.23.